The van der Waals surface area contributed by atoms with Crippen LogP contribution in [0.15, 0.2) is 54.6 Å². The van der Waals surface area contributed by atoms with Gasteiger partial charge in [0.15, 0.2) is 0 Å². The first-order valence-corrected chi connectivity index (χ1v) is 11.3. The molecule has 1 fully saturated rings. The molecule has 0 atom stereocenters. The summed E-state index contributed by atoms with van der Waals surface area (Å²) in [7, 11) is -1.70. The molecule has 2 aromatic rings. The summed E-state index contributed by atoms with van der Waals surface area (Å²) >= 11 is 0. The van der Waals surface area contributed by atoms with E-state index in [1.165, 1.54) is 0 Å². The molecule has 1 aliphatic heterocycles. The van der Waals surface area contributed by atoms with Crippen LogP contribution in [0.25, 0.3) is 0 Å². The van der Waals surface area contributed by atoms with Crippen molar-refractivity contribution >= 4 is 21.6 Å². The minimum absolute atomic E-state index is 0.0323. The predicted octanol–water partition coefficient (Wildman–Crippen LogP) is 1.97. The quantitative estimate of drug-likeness (QED) is 0.665. The fraction of sp³-hybridized carbons (Fsp3) is 0.381. The molecule has 0 radical (unpaired) electrons. The standard InChI is InChI=1S/C21H27N3O4S/c1-28-20-10-8-19(9-11-20)23-13-15-24(16-14-23)29(26,27)17-5-12-22-21(25)18-6-3-2-4-7-18/h2-4,6-11H,5,12-17H2,1H3,(H,22,25). The van der Waals surface area contributed by atoms with Crippen molar-refractivity contribution in [3.63, 3.8) is 0 Å². The summed E-state index contributed by atoms with van der Waals surface area (Å²) in [4.78, 5) is 14.2. The first-order chi connectivity index (χ1) is 14.0. The van der Waals surface area contributed by atoms with Gasteiger partial charge in [-0.05, 0) is 42.8 Å². The predicted molar refractivity (Wildman–Crippen MR) is 114 cm³/mol. The molecule has 0 unspecified atom stereocenters. The number of amides is 1. The number of rotatable bonds is 8. The van der Waals surface area contributed by atoms with E-state index in [4.69, 9.17) is 4.74 Å². The van der Waals surface area contributed by atoms with Crippen LogP contribution in [0, 0.1) is 0 Å². The highest BCUT2D eigenvalue weighted by atomic mass is 32.2. The average Bonchev–Trinajstić information content (AvgIpc) is 2.77. The van der Waals surface area contributed by atoms with Gasteiger partial charge < -0.3 is 15.0 Å². The van der Waals surface area contributed by atoms with Gasteiger partial charge in [-0.3, -0.25) is 4.79 Å². The summed E-state index contributed by atoms with van der Waals surface area (Å²) in [5.41, 5.74) is 1.64. The monoisotopic (exact) mass is 417 g/mol. The number of nitrogens with zero attached hydrogens (tertiary/aromatic N) is 2. The highest BCUT2D eigenvalue weighted by molar-refractivity contribution is 7.89. The van der Waals surface area contributed by atoms with Gasteiger partial charge in [-0.2, -0.15) is 4.31 Å². The molecule has 7 nitrogen and oxygen atoms in total. The molecule has 1 aliphatic rings. The number of piperazine rings is 1. The Hall–Kier alpha value is -2.58. The summed E-state index contributed by atoms with van der Waals surface area (Å²) in [6, 6.07) is 16.7. The van der Waals surface area contributed by atoms with E-state index in [-0.39, 0.29) is 11.7 Å². The van der Waals surface area contributed by atoms with E-state index in [0.717, 1.165) is 11.4 Å². The molecule has 1 saturated heterocycles. The van der Waals surface area contributed by atoms with E-state index in [2.05, 4.69) is 10.2 Å². The lowest BCUT2D eigenvalue weighted by Crippen LogP contribution is -2.49. The smallest absolute Gasteiger partial charge is 0.251 e. The second-order valence-electron chi connectivity index (χ2n) is 6.88. The SMILES string of the molecule is COc1ccc(N2CCN(S(=O)(=O)CCCNC(=O)c3ccccc3)CC2)cc1. The zero-order valence-electron chi connectivity index (χ0n) is 16.6. The van der Waals surface area contributed by atoms with Crippen molar-refractivity contribution in [1.29, 1.82) is 0 Å². The zero-order chi connectivity index (χ0) is 20.7. The Balaban J connectivity index is 1.42. The third-order valence-electron chi connectivity index (χ3n) is 4.97. The van der Waals surface area contributed by atoms with Gasteiger partial charge in [0.1, 0.15) is 5.75 Å². The van der Waals surface area contributed by atoms with Crippen LogP contribution in [0.1, 0.15) is 16.8 Å². The molecule has 0 aromatic heterocycles. The minimum atomic E-state index is -3.33. The van der Waals surface area contributed by atoms with E-state index in [9.17, 15) is 13.2 Å². The molecule has 3 rings (SSSR count). The molecule has 1 N–H and O–H groups in total. The molecule has 0 saturated carbocycles. The fourth-order valence-corrected chi connectivity index (χ4v) is 4.78. The number of anilines is 1. The first-order valence-electron chi connectivity index (χ1n) is 9.70. The van der Waals surface area contributed by atoms with Crippen molar-refractivity contribution in [2.45, 2.75) is 6.42 Å². The summed E-state index contributed by atoms with van der Waals surface area (Å²) in [6.45, 7) is 2.56. The van der Waals surface area contributed by atoms with Crippen LogP contribution in [0.5, 0.6) is 5.75 Å². The summed E-state index contributed by atoms with van der Waals surface area (Å²) in [5, 5.41) is 2.77. The van der Waals surface area contributed by atoms with Gasteiger partial charge in [-0.1, -0.05) is 18.2 Å². The Morgan fingerprint density at radius 2 is 1.66 bits per heavy atom. The summed E-state index contributed by atoms with van der Waals surface area (Å²) in [5.74, 6) is 0.648. The molecule has 0 spiro atoms. The zero-order valence-corrected chi connectivity index (χ0v) is 17.4. The Morgan fingerprint density at radius 3 is 2.28 bits per heavy atom. The molecule has 1 amide bonds. The molecule has 29 heavy (non-hydrogen) atoms. The van der Waals surface area contributed by atoms with Crippen LogP contribution >= 0.6 is 0 Å². The van der Waals surface area contributed by atoms with Crippen molar-refractivity contribution in [2.24, 2.45) is 0 Å². The molecule has 8 heteroatoms. The molecular weight excluding hydrogens is 390 g/mol. The van der Waals surface area contributed by atoms with Crippen LogP contribution in [-0.4, -0.2) is 64.2 Å². The first kappa shape index (κ1) is 21.1. The highest BCUT2D eigenvalue weighted by Crippen LogP contribution is 2.21. The third kappa shape index (κ3) is 5.71. The largest absolute Gasteiger partial charge is 0.497 e. The average molecular weight is 418 g/mol. The van der Waals surface area contributed by atoms with E-state index in [1.54, 1.807) is 35.7 Å². The van der Waals surface area contributed by atoms with E-state index < -0.39 is 10.0 Å². The maximum atomic E-state index is 12.6. The van der Waals surface area contributed by atoms with Gasteiger partial charge in [-0.15, -0.1) is 0 Å². The van der Waals surface area contributed by atoms with Gasteiger partial charge in [0.05, 0.1) is 12.9 Å². The van der Waals surface area contributed by atoms with E-state index in [0.29, 0.717) is 44.7 Å². The fourth-order valence-electron chi connectivity index (χ4n) is 3.29. The molecule has 156 valence electrons. The van der Waals surface area contributed by atoms with Crippen LogP contribution < -0.4 is 15.0 Å². The topological polar surface area (TPSA) is 79.0 Å². The number of hydrogen-bond donors (Lipinski definition) is 1. The van der Waals surface area contributed by atoms with E-state index >= 15 is 0 Å². The Bertz CT molecular complexity index is 893. The Kier molecular flexibility index (Phi) is 7.11. The van der Waals surface area contributed by atoms with Gasteiger partial charge in [0.2, 0.25) is 10.0 Å². The molecular formula is C21H27N3O4S. The number of hydrogen-bond acceptors (Lipinski definition) is 5. The second-order valence-corrected chi connectivity index (χ2v) is 8.96. The van der Waals surface area contributed by atoms with Crippen molar-refractivity contribution in [3.8, 4) is 5.75 Å². The van der Waals surface area contributed by atoms with Gasteiger partial charge >= 0.3 is 0 Å². The molecule has 2 aromatic carbocycles. The van der Waals surface area contributed by atoms with Crippen LogP contribution in [-0.2, 0) is 10.0 Å². The molecule has 0 aliphatic carbocycles. The summed E-state index contributed by atoms with van der Waals surface area (Å²) in [6.07, 6.45) is 0.388. The van der Waals surface area contributed by atoms with Crippen LogP contribution in [0.4, 0.5) is 5.69 Å². The van der Waals surface area contributed by atoms with Gasteiger partial charge in [-0.25, -0.2) is 8.42 Å². The van der Waals surface area contributed by atoms with Crippen molar-refractivity contribution in [2.75, 3.05) is 50.5 Å². The second kappa shape index (κ2) is 9.76. The lowest BCUT2D eigenvalue weighted by Gasteiger charge is -2.35. The van der Waals surface area contributed by atoms with Gasteiger partial charge in [0.25, 0.3) is 5.91 Å². The molecule has 1 heterocycles. The lowest BCUT2D eigenvalue weighted by molar-refractivity contribution is 0.0953. The maximum Gasteiger partial charge on any atom is 0.251 e. The highest BCUT2D eigenvalue weighted by Gasteiger charge is 2.26. The van der Waals surface area contributed by atoms with Crippen molar-refractivity contribution in [1.82, 2.24) is 9.62 Å². The van der Waals surface area contributed by atoms with Crippen LogP contribution in [0.3, 0.4) is 0 Å². The lowest BCUT2D eigenvalue weighted by atomic mass is 10.2. The number of carbonyl (C=O) groups is 1. The normalized spacial score (nSPS) is 15.1. The van der Waals surface area contributed by atoms with Crippen molar-refractivity contribution in [3.05, 3.63) is 60.2 Å². The number of methoxy groups -OCH3 is 1. The Morgan fingerprint density at radius 1 is 1.00 bits per heavy atom. The number of sulfonamides is 1. The maximum absolute atomic E-state index is 12.6. The van der Waals surface area contributed by atoms with Crippen LogP contribution in [0.2, 0.25) is 0 Å². The number of benzene rings is 2. The number of nitrogens with one attached hydrogen (secondary N) is 1. The summed E-state index contributed by atoms with van der Waals surface area (Å²) < 4.78 is 31.9. The van der Waals surface area contributed by atoms with Crippen molar-refractivity contribution < 1.29 is 17.9 Å². The molecule has 0 bridgehead atoms. The number of ether oxygens (including phenoxy) is 1. The third-order valence-corrected chi connectivity index (χ3v) is 6.93. The van der Waals surface area contributed by atoms with Gasteiger partial charge in [0, 0.05) is 44.0 Å². The Labute approximate surface area is 172 Å². The number of carbonyl (C=O) groups excluding carboxylic acids is 1. The van der Waals surface area contributed by atoms with E-state index in [1.807, 2.05) is 30.3 Å². The minimum Gasteiger partial charge on any atom is -0.497 e.